The fraction of sp³-hybridized carbons (Fsp3) is 0.200. The number of hydrogen-bond acceptors (Lipinski definition) is 7. The van der Waals surface area contributed by atoms with Crippen molar-refractivity contribution in [1.29, 1.82) is 0 Å². The molecule has 0 aromatic heterocycles. The Hall–Kier alpha value is -3.00. The van der Waals surface area contributed by atoms with Gasteiger partial charge in [0.2, 0.25) is 0 Å². The Morgan fingerprint density at radius 1 is 1.22 bits per heavy atom. The van der Waals surface area contributed by atoms with Crippen molar-refractivity contribution in [3.05, 3.63) is 51.6 Å². The Bertz CT molecular complexity index is 774. The van der Waals surface area contributed by atoms with E-state index in [0.29, 0.717) is 5.75 Å². The number of ether oxygens (including phenoxy) is 1. The average Bonchev–Trinajstić information content (AvgIpc) is 2.54. The molecule has 0 unspecified atom stereocenters. The first-order valence-electron chi connectivity index (χ1n) is 6.63. The van der Waals surface area contributed by atoms with Crippen LogP contribution in [0.1, 0.15) is 11.1 Å². The van der Waals surface area contributed by atoms with E-state index < -0.39 is 11.5 Å². The van der Waals surface area contributed by atoms with Crippen LogP contribution in [0.15, 0.2) is 40.6 Å². The molecule has 8 nitrogen and oxygen atoms in total. The summed E-state index contributed by atoms with van der Waals surface area (Å²) in [6.45, 7) is 1.32. The number of aliphatic hydroxyl groups is 1. The van der Waals surface area contributed by atoms with Gasteiger partial charge in [-0.25, -0.2) is 0 Å². The molecular formula is C15H15N3O5. The lowest BCUT2D eigenvalue weighted by Gasteiger charge is -2.07. The Morgan fingerprint density at radius 3 is 2.52 bits per heavy atom. The maximum Gasteiger partial charge on any atom is 0.296 e. The molecule has 0 saturated carbocycles. The van der Waals surface area contributed by atoms with Crippen LogP contribution in [0, 0.1) is 17.0 Å². The van der Waals surface area contributed by atoms with E-state index in [4.69, 9.17) is 4.74 Å². The summed E-state index contributed by atoms with van der Waals surface area (Å²) in [7, 11) is 1.43. The Kier molecular flexibility index (Phi) is 4.87. The van der Waals surface area contributed by atoms with Gasteiger partial charge in [0, 0.05) is 17.7 Å². The second kappa shape index (κ2) is 6.84. The standard InChI is InChI=1S/C15H15N3O5/c1-9-3-4-12(14(5-9)18(21)22)16-17-13-7-11(23-2)6-10(8-19)15(13)20/h3-7,19-20H,8H2,1-2H3/b17-16+. The third-order valence-corrected chi connectivity index (χ3v) is 3.14. The molecule has 0 aliphatic heterocycles. The number of phenols is 1. The van der Waals surface area contributed by atoms with E-state index in [1.807, 2.05) is 0 Å². The van der Waals surface area contributed by atoms with Crippen molar-refractivity contribution < 1.29 is 19.9 Å². The van der Waals surface area contributed by atoms with Gasteiger partial charge in [-0.15, -0.1) is 10.2 Å². The van der Waals surface area contributed by atoms with Gasteiger partial charge in [0.25, 0.3) is 5.69 Å². The fourth-order valence-corrected chi connectivity index (χ4v) is 1.94. The molecule has 0 saturated heterocycles. The molecule has 0 fully saturated rings. The van der Waals surface area contributed by atoms with Gasteiger partial charge in [-0.05, 0) is 24.6 Å². The van der Waals surface area contributed by atoms with Gasteiger partial charge in [0.05, 0.1) is 18.6 Å². The Labute approximate surface area is 131 Å². The first-order valence-corrected chi connectivity index (χ1v) is 6.63. The van der Waals surface area contributed by atoms with Crippen molar-refractivity contribution in [1.82, 2.24) is 0 Å². The highest BCUT2D eigenvalue weighted by Gasteiger charge is 2.14. The maximum absolute atomic E-state index is 11.1. The lowest BCUT2D eigenvalue weighted by Crippen LogP contribution is -1.90. The van der Waals surface area contributed by atoms with Crippen LogP contribution in [0.3, 0.4) is 0 Å². The summed E-state index contributed by atoms with van der Waals surface area (Å²) in [5.41, 5.74) is 0.870. The van der Waals surface area contributed by atoms with Gasteiger partial charge in [0.15, 0.2) is 5.69 Å². The highest BCUT2D eigenvalue weighted by molar-refractivity contribution is 5.61. The minimum Gasteiger partial charge on any atom is -0.505 e. The van der Waals surface area contributed by atoms with Gasteiger partial charge >= 0.3 is 0 Å². The number of benzene rings is 2. The Balaban J connectivity index is 2.47. The number of nitro groups is 1. The van der Waals surface area contributed by atoms with E-state index in [1.54, 1.807) is 13.0 Å². The second-order valence-electron chi connectivity index (χ2n) is 4.76. The lowest BCUT2D eigenvalue weighted by atomic mass is 10.1. The van der Waals surface area contributed by atoms with Crippen LogP contribution in [0.5, 0.6) is 11.5 Å². The van der Waals surface area contributed by atoms with E-state index in [-0.39, 0.29) is 28.4 Å². The first-order chi connectivity index (χ1) is 11.0. The molecule has 120 valence electrons. The first kappa shape index (κ1) is 16.4. The molecule has 23 heavy (non-hydrogen) atoms. The minimum absolute atomic E-state index is 0.0447. The normalized spacial score (nSPS) is 10.9. The van der Waals surface area contributed by atoms with E-state index in [1.165, 1.54) is 31.4 Å². The molecule has 0 heterocycles. The van der Waals surface area contributed by atoms with Gasteiger partial charge in [-0.3, -0.25) is 10.1 Å². The summed E-state index contributed by atoms with van der Waals surface area (Å²) >= 11 is 0. The largest absolute Gasteiger partial charge is 0.505 e. The smallest absolute Gasteiger partial charge is 0.296 e. The molecule has 0 aliphatic rings. The van der Waals surface area contributed by atoms with Gasteiger partial charge in [-0.1, -0.05) is 6.07 Å². The number of aliphatic hydroxyl groups excluding tert-OH is 1. The number of rotatable bonds is 5. The predicted octanol–water partition coefficient (Wildman–Crippen LogP) is 3.53. The number of nitrogens with zero attached hydrogens (tertiary/aromatic N) is 3. The zero-order chi connectivity index (χ0) is 17.0. The number of azo groups is 1. The summed E-state index contributed by atoms with van der Waals surface area (Å²) in [5.74, 6) is 0.117. The third kappa shape index (κ3) is 3.61. The molecule has 0 aliphatic carbocycles. The molecule has 2 aromatic carbocycles. The van der Waals surface area contributed by atoms with Crippen LogP contribution in [0.25, 0.3) is 0 Å². The molecule has 2 rings (SSSR count). The molecule has 0 atom stereocenters. The summed E-state index contributed by atoms with van der Waals surface area (Å²) in [6.07, 6.45) is 0. The molecule has 0 bridgehead atoms. The topological polar surface area (TPSA) is 118 Å². The number of aryl methyl sites for hydroxylation is 1. The van der Waals surface area contributed by atoms with Crippen molar-refractivity contribution in [2.45, 2.75) is 13.5 Å². The van der Waals surface area contributed by atoms with E-state index in [2.05, 4.69) is 10.2 Å². The summed E-state index contributed by atoms with van der Waals surface area (Å²) in [4.78, 5) is 10.5. The third-order valence-electron chi connectivity index (χ3n) is 3.14. The van der Waals surface area contributed by atoms with Crippen molar-refractivity contribution in [2.75, 3.05) is 7.11 Å². The van der Waals surface area contributed by atoms with Crippen molar-refractivity contribution >= 4 is 17.1 Å². The minimum atomic E-state index is -0.550. The van der Waals surface area contributed by atoms with Crippen molar-refractivity contribution in [3.8, 4) is 11.5 Å². The van der Waals surface area contributed by atoms with Crippen LogP contribution in [-0.4, -0.2) is 22.2 Å². The zero-order valence-corrected chi connectivity index (χ0v) is 12.6. The predicted molar refractivity (Wildman–Crippen MR) is 82.6 cm³/mol. The van der Waals surface area contributed by atoms with Crippen LogP contribution in [0.4, 0.5) is 17.1 Å². The highest BCUT2D eigenvalue weighted by atomic mass is 16.6. The van der Waals surface area contributed by atoms with Crippen LogP contribution < -0.4 is 4.74 Å². The zero-order valence-electron chi connectivity index (χ0n) is 12.6. The van der Waals surface area contributed by atoms with E-state index in [9.17, 15) is 20.3 Å². The van der Waals surface area contributed by atoms with Gasteiger partial charge in [-0.2, -0.15) is 0 Å². The molecule has 0 amide bonds. The Morgan fingerprint density at radius 2 is 1.91 bits per heavy atom. The molecule has 2 N–H and O–H groups in total. The summed E-state index contributed by atoms with van der Waals surface area (Å²) in [5, 5.41) is 38.0. The lowest BCUT2D eigenvalue weighted by molar-refractivity contribution is -0.384. The SMILES string of the molecule is COc1cc(CO)c(O)c(/N=N/c2ccc(C)cc2[N+](=O)[O-])c1. The fourth-order valence-electron chi connectivity index (χ4n) is 1.94. The molecular weight excluding hydrogens is 302 g/mol. The van der Waals surface area contributed by atoms with Crippen LogP contribution >= 0.6 is 0 Å². The number of nitro benzene ring substituents is 1. The monoisotopic (exact) mass is 317 g/mol. The van der Waals surface area contributed by atoms with Crippen molar-refractivity contribution in [2.24, 2.45) is 10.2 Å². The summed E-state index contributed by atoms with van der Waals surface area (Å²) < 4.78 is 5.05. The number of methoxy groups -OCH3 is 1. The van der Waals surface area contributed by atoms with E-state index in [0.717, 1.165) is 5.56 Å². The second-order valence-corrected chi connectivity index (χ2v) is 4.76. The maximum atomic E-state index is 11.1. The molecule has 0 spiro atoms. The van der Waals surface area contributed by atoms with Crippen molar-refractivity contribution in [3.63, 3.8) is 0 Å². The number of aromatic hydroxyl groups is 1. The van der Waals surface area contributed by atoms with Gasteiger partial charge in [0.1, 0.15) is 17.2 Å². The van der Waals surface area contributed by atoms with E-state index >= 15 is 0 Å². The number of hydrogen-bond donors (Lipinski definition) is 2. The molecule has 8 heteroatoms. The molecule has 0 radical (unpaired) electrons. The molecule has 2 aromatic rings. The summed E-state index contributed by atoms with van der Waals surface area (Å²) in [6, 6.07) is 7.41. The average molecular weight is 317 g/mol. The highest BCUT2D eigenvalue weighted by Crippen LogP contribution is 2.37. The van der Waals surface area contributed by atoms with Crippen LogP contribution in [-0.2, 0) is 6.61 Å². The van der Waals surface area contributed by atoms with Gasteiger partial charge < -0.3 is 14.9 Å². The van der Waals surface area contributed by atoms with Crippen LogP contribution in [0.2, 0.25) is 0 Å². The quantitative estimate of drug-likeness (QED) is 0.497.